The van der Waals surface area contributed by atoms with Gasteiger partial charge < -0.3 is 9.67 Å². The molecule has 0 bridgehead atoms. The van der Waals surface area contributed by atoms with Crippen molar-refractivity contribution in [2.75, 3.05) is 6.54 Å². The molecule has 1 saturated heterocycles. The largest absolute Gasteiger partial charge is 0.477 e. The van der Waals surface area contributed by atoms with Crippen LogP contribution >= 0.6 is 0 Å². The van der Waals surface area contributed by atoms with Crippen molar-refractivity contribution in [3.05, 3.63) is 18.0 Å². The molecular formula is C14H20N2O4S. The molecule has 1 aromatic heterocycles. The molecule has 3 rings (SSSR count). The van der Waals surface area contributed by atoms with E-state index in [4.69, 9.17) is 0 Å². The Kier molecular flexibility index (Phi) is 3.57. The molecule has 0 aromatic carbocycles. The fourth-order valence-corrected chi connectivity index (χ4v) is 4.71. The first kappa shape index (κ1) is 14.6. The minimum Gasteiger partial charge on any atom is -0.477 e. The third-order valence-electron chi connectivity index (χ3n) is 4.33. The molecule has 116 valence electrons. The van der Waals surface area contributed by atoms with Gasteiger partial charge in [-0.05, 0) is 38.7 Å². The van der Waals surface area contributed by atoms with Gasteiger partial charge in [-0.15, -0.1) is 0 Å². The zero-order chi connectivity index (χ0) is 15.2. The SMILES string of the molecule is CC1CCCCN1S(=O)(=O)c1cc(C(=O)O)n(C2CC2)c1. The van der Waals surface area contributed by atoms with E-state index < -0.39 is 16.0 Å². The Morgan fingerprint density at radius 2 is 2.00 bits per heavy atom. The highest BCUT2D eigenvalue weighted by Crippen LogP contribution is 2.38. The van der Waals surface area contributed by atoms with Crippen LogP contribution < -0.4 is 0 Å². The van der Waals surface area contributed by atoms with Crippen LogP contribution in [0.25, 0.3) is 0 Å². The number of piperidine rings is 1. The van der Waals surface area contributed by atoms with Gasteiger partial charge in [-0.1, -0.05) is 6.42 Å². The first-order valence-electron chi connectivity index (χ1n) is 7.38. The maximum atomic E-state index is 12.7. The molecule has 2 fully saturated rings. The highest BCUT2D eigenvalue weighted by atomic mass is 32.2. The minimum atomic E-state index is -3.60. The Morgan fingerprint density at radius 3 is 2.57 bits per heavy atom. The summed E-state index contributed by atoms with van der Waals surface area (Å²) in [6, 6.07) is 1.41. The maximum Gasteiger partial charge on any atom is 0.352 e. The van der Waals surface area contributed by atoms with Gasteiger partial charge in [-0.2, -0.15) is 4.31 Å². The topological polar surface area (TPSA) is 79.6 Å². The molecule has 7 heteroatoms. The second kappa shape index (κ2) is 5.14. The number of aromatic nitrogens is 1. The first-order chi connectivity index (χ1) is 9.91. The van der Waals surface area contributed by atoms with Crippen LogP contribution in [0.1, 0.15) is 55.6 Å². The summed E-state index contributed by atoms with van der Waals surface area (Å²) in [5.41, 5.74) is 0.0701. The molecule has 1 aliphatic carbocycles. The van der Waals surface area contributed by atoms with E-state index in [1.165, 1.54) is 16.6 Å². The van der Waals surface area contributed by atoms with Crippen LogP contribution in [0.15, 0.2) is 17.2 Å². The molecule has 6 nitrogen and oxygen atoms in total. The van der Waals surface area contributed by atoms with Crippen LogP contribution in [0.3, 0.4) is 0 Å². The van der Waals surface area contributed by atoms with Crippen molar-refractivity contribution >= 4 is 16.0 Å². The molecule has 1 atom stereocenters. The second-order valence-electron chi connectivity index (χ2n) is 5.97. The van der Waals surface area contributed by atoms with Gasteiger partial charge in [0.2, 0.25) is 10.0 Å². The van der Waals surface area contributed by atoms with Crippen LogP contribution in [0.4, 0.5) is 0 Å². The smallest absolute Gasteiger partial charge is 0.352 e. The lowest BCUT2D eigenvalue weighted by atomic mass is 10.1. The Balaban J connectivity index is 1.98. The lowest BCUT2D eigenvalue weighted by Gasteiger charge is -2.31. The van der Waals surface area contributed by atoms with Crippen LogP contribution in [0.2, 0.25) is 0 Å². The highest BCUT2D eigenvalue weighted by molar-refractivity contribution is 7.89. The maximum absolute atomic E-state index is 12.7. The molecule has 1 aliphatic heterocycles. The van der Waals surface area contributed by atoms with Gasteiger partial charge in [0.1, 0.15) is 10.6 Å². The van der Waals surface area contributed by atoms with Crippen LogP contribution in [0.5, 0.6) is 0 Å². The number of sulfonamides is 1. The van der Waals surface area contributed by atoms with Gasteiger partial charge in [0.25, 0.3) is 0 Å². The molecule has 1 saturated carbocycles. The average molecular weight is 312 g/mol. The van der Waals surface area contributed by atoms with E-state index in [-0.39, 0.29) is 22.7 Å². The summed E-state index contributed by atoms with van der Waals surface area (Å²) in [5.74, 6) is -1.07. The van der Waals surface area contributed by atoms with E-state index >= 15 is 0 Å². The number of rotatable bonds is 4. The van der Waals surface area contributed by atoms with Crippen LogP contribution in [-0.4, -0.2) is 41.0 Å². The summed E-state index contributed by atoms with van der Waals surface area (Å²) >= 11 is 0. The van der Waals surface area contributed by atoms with E-state index in [0.717, 1.165) is 32.1 Å². The summed E-state index contributed by atoms with van der Waals surface area (Å²) in [7, 11) is -3.60. The molecule has 1 aromatic rings. The fourth-order valence-electron chi connectivity index (χ4n) is 2.99. The number of hydrogen-bond donors (Lipinski definition) is 1. The number of aromatic carboxylic acids is 1. The fraction of sp³-hybridized carbons (Fsp3) is 0.643. The van der Waals surface area contributed by atoms with Crippen molar-refractivity contribution in [3.8, 4) is 0 Å². The van der Waals surface area contributed by atoms with Crippen molar-refractivity contribution < 1.29 is 18.3 Å². The van der Waals surface area contributed by atoms with E-state index in [0.29, 0.717) is 6.54 Å². The Bertz CT molecular complexity index is 661. The Labute approximate surface area is 124 Å². The van der Waals surface area contributed by atoms with Crippen LogP contribution in [-0.2, 0) is 10.0 Å². The molecule has 0 amide bonds. The molecular weight excluding hydrogens is 292 g/mol. The third-order valence-corrected chi connectivity index (χ3v) is 6.31. The van der Waals surface area contributed by atoms with E-state index in [2.05, 4.69) is 0 Å². The minimum absolute atomic E-state index is 0.0266. The zero-order valence-corrected chi connectivity index (χ0v) is 12.8. The van der Waals surface area contributed by atoms with Gasteiger partial charge in [0.15, 0.2) is 0 Å². The summed E-state index contributed by atoms with van der Waals surface area (Å²) < 4.78 is 28.6. The number of nitrogens with zero attached hydrogens (tertiary/aromatic N) is 2. The molecule has 2 aliphatic rings. The molecule has 0 radical (unpaired) electrons. The predicted molar refractivity (Wildman–Crippen MR) is 76.9 cm³/mol. The lowest BCUT2D eigenvalue weighted by Crippen LogP contribution is -2.41. The molecule has 2 heterocycles. The van der Waals surface area contributed by atoms with Gasteiger partial charge in [0.05, 0.1) is 0 Å². The zero-order valence-electron chi connectivity index (χ0n) is 12.0. The lowest BCUT2D eigenvalue weighted by molar-refractivity contribution is 0.0685. The Hall–Kier alpha value is -1.34. The number of carboxylic acids is 1. The second-order valence-corrected chi connectivity index (χ2v) is 7.86. The van der Waals surface area contributed by atoms with Gasteiger partial charge >= 0.3 is 5.97 Å². The highest BCUT2D eigenvalue weighted by Gasteiger charge is 2.35. The molecule has 21 heavy (non-hydrogen) atoms. The first-order valence-corrected chi connectivity index (χ1v) is 8.82. The average Bonchev–Trinajstić information content (AvgIpc) is 3.16. The van der Waals surface area contributed by atoms with Gasteiger partial charge in [-0.25, -0.2) is 13.2 Å². The molecule has 1 N–H and O–H groups in total. The van der Waals surface area contributed by atoms with Crippen molar-refractivity contribution in [3.63, 3.8) is 0 Å². The normalized spacial score (nSPS) is 24.1. The monoisotopic (exact) mass is 312 g/mol. The van der Waals surface area contributed by atoms with Gasteiger partial charge in [0, 0.05) is 24.8 Å². The number of carbonyl (C=O) groups is 1. The number of carboxylic acid groups (broad SMARTS) is 1. The van der Waals surface area contributed by atoms with Crippen molar-refractivity contribution in [1.82, 2.24) is 8.87 Å². The van der Waals surface area contributed by atoms with E-state index in [9.17, 15) is 18.3 Å². The van der Waals surface area contributed by atoms with Crippen molar-refractivity contribution in [2.45, 2.75) is 56.0 Å². The summed E-state index contributed by atoms with van der Waals surface area (Å²) in [4.78, 5) is 11.4. The van der Waals surface area contributed by atoms with Crippen LogP contribution in [0, 0.1) is 0 Å². The summed E-state index contributed by atoms with van der Waals surface area (Å²) in [6.07, 6.45) is 6.07. The molecule has 0 spiro atoms. The van der Waals surface area contributed by atoms with Crippen molar-refractivity contribution in [2.24, 2.45) is 0 Å². The molecule has 1 unspecified atom stereocenters. The standard InChI is InChI=1S/C14H20N2O4S/c1-10-4-2-3-7-16(10)21(19,20)12-8-13(14(17)18)15(9-12)11-5-6-11/h8-11H,2-7H2,1H3,(H,17,18). The number of hydrogen-bond acceptors (Lipinski definition) is 3. The Morgan fingerprint density at radius 1 is 1.29 bits per heavy atom. The van der Waals surface area contributed by atoms with Gasteiger partial charge in [-0.3, -0.25) is 0 Å². The van der Waals surface area contributed by atoms with E-state index in [1.807, 2.05) is 6.92 Å². The quantitative estimate of drug-likeness (QED) is 0.923. The summed E-state index contributed by atoms with van der Waals surface area (Å²) in [6.45, 7) is 2.42. The third kappa shape index (κ3) is 2.60. The van der Waals surface area contributed by atoms with Crippen molar-refractivity contribution in [1.29, 1.82) is 0 Å². The van der Waals surface area contributed by atoms with E-state index in [1.54, 1.807) is 4.57 Å². The summed E-state index contributed by atoms with van der Waals surface area (Å²) in [5, 5.41) is 9.25. The predicted octanol–water partition coefficient (Wildman–Crippen LogP) is 2.08.